The summed E-state index contributed by atoms with van der Waals surface area (Å²) in [6.45, 7) is 0. The van der Waals surface area contributed by atoms with Gasteiger partial charge in [-0.15, -0.1) is 0 Å². The third kappa shape index (κ3) is 3.83. The van der Waals surface area contributed by atoms with Crippen LogP contribution in [-0.4, -0.2) is 34.2 Å². The number of carbonyl (C=O) groups excluding carboxylic acids is 2. The lowest BCUT2D eigenvalue weighted by atomic mass is 9.95. The Kier molecular flexibility index (Phi) is 5.12. The highest BCUT2D eigenvalue weighted by molar-refractivity contribution is 6.02. The summed E-state index contributed by atoms with van der Waals surface area (Å²) in [4.78, 5) is 25.1. The maximum atomic E-state index is 12.6. The maximum absolute atomic E-state index is 12.6. The number of hydrogen-bond donors (Lipinski definition) is 3. The van der Waals surface area contributed by atoms with Gasteiger partial charge < -0.3 is 29.5 Å². The van der Waals surface area contributed by atoms with E-state index < -0.39 is 12.1 Å². The second-order valence-corrected chi connectivity index (χ2v) is 6.89. The zero-order chi connectivity index (χ0) is 22.1. The fourth-order valence-electron chi connectivity index (χ4n) is 3.39. The molecule has 0 amide bonds. The number of benzene rings is 3. The lowest BCUT2D eigenvalue weighted by Gasteiger charge is -2.26. The van der Waals surface area contributed by atoms with Crippen molar-refractivity contribution in [3.8, 4) is 34.5 Å². The molecule has 0 spiro atoms. The van der Waals surface area contributed by atoms with Crippen LogP contribution in [0.1, 0.15) is 38.8 Å². The van der Waals surface area contributed by atoms with Crippen LogP contribution in [0.25, 0.3) is 0 Å². The van der Waals surface area contributed by atoms with Crippen molar-refractivity contribution in [1.82, 2.24) is 0 Å². The average Bonchev–Trinajstić information content (AvgIpc) is 2.73. The summed E-state index contributed by atoms with van der Waals surface area (Å²) >= 11 is 0. The van der Waals surface area contributed by atoms with Gasteiger partial charge in [0.1, 0.15) is 40.2 Å². The molecule has 0 bridgehead atoms. The summed E-state index contributed by atoms with van der Waals surface area (Å²) in [5.41, 5.74) is 0.510. The summed E-state index contributed by atoms with van der Waals surface area (Å²) in [5, 5.41) is 29.5. The summed E-state index contributed by atoms with van der Waals surface area (Å²) in [6, 6.07) is 13.0. The molecule has 3 aromatic rings. The molecule has 0 radical (unpaired) electrons. The Morgan fingerprint density at radius 2 is 1.77 bits per heavy atom. The summed E-state index contributed by atoms with van der Waals surface area (Å²) in [6.07, 6.45) is -0.806. The molecule has 0 saturated carbocycles. The first kappa shape index (κ1) is 20.1. The highest BCUT2D eigenvalue weighted by Gasteiger charge is 2.31. The molecule has 1 atom stereocenters. The number of ketones is 1. The van der Waals surface area contributed by atoms with E-state index >= 15 is 0 Å². The maximum Gasteiger partial charge on any atom is 0.347 e. The number of Topliss-reactive ketones (excluding diaryl/α,β-unsaturated/α-hetero) is 1. The van der Waals surface area contributed by atoms with Crippen LogP contribution in [0.3, 0.4) is 0 Å². The van der Waals surface area contributed by atoms with Gasteiger partial charge in [0, 0.05) is 12.1 Å². The van der Waals surface area contributed by atoms with E-state index in [1.165, 1.54) is 31.4 Å². The van der Waals surface area contributed by atoms with Crippen LogP contribution < -0.4 is 14.2 Å². The average molecular weight is 422 g/mol. The van der Waals surface area contributed by atoms with E-state index in [-0.39, 0.29) is 57.8 Å². The molecule has 0 fully saturated rings. The zero-order valence-electron chi connectivity index (χ0n) is 16.4. The predicted molar refractivity (Wildman–Crippen MR) is 108 cm³/mol. The number of esters is 1. The van der Waals surface area contributed by atoms with Crippen molar-refractivity contribution in [2.45, 2.75) is 12.5 Å². The molecular formula is C23H18O8. The summed E-state index contributed by atoms with van der Waals surface area (Å²) in [7, 11) is 1.41. The van der Waals surface area contributed by atoms with Gasteiger partial charge in [-0.25, -0.2) is 4.79 Å². The number of para-hydroxylation sites is 1. The van der Waals surface area contributed by atoms with E-state index in [0.29, 0.717) is 5.56 Å². The Balaban J connectivity index is 1.65. The number of ether oxygens (including phenoxy) is 3. The minimum atomic E-state index is -0.783. The van der Waals surface area contributed by atoms with Crippen molar-refractivity contribution < 1.29 is 39.1 Å². The Morgan fingerprint density at radius 3 is 2.52 bits per heavy atom. The second kappa shape index (κ2) is 7.91. The molecule has 3 N–H and O–H groups in total. The first-order valence-electron chi connectivity index (χ1n) is 9.31. The SMILES string of the molecule is COc1ccc(C2CC(=O)c3c(O)cc(O)cc3O2)cc1OC(=O)c1ccccc1O. The van der Waals surface area contributed by atoms with Crippen molar-refractivity contribution in [2.24, 2.45) is 0 Å². The van der Waals surface area contributed by atoms with Crippen molar-refractivity contribution in [1.29, 1.82) is 0 Å². The molecule has 3 aromatic carbocycles. The van der Waals surface area contributed by atoms with Crippen LogP contribution >= 0.6 is 0 Å². The van der Waals surface area contributed by atoms with Gasteiger partial charge >= 0.3 is 5.97 Å². The normalized spacial score (nSPS) is 15.0. The third-order valence-electron chi connectivity index (χ3n) is 4.87. The second-order valence-electron chi connectivity index (χ2n) is 6.89. The lowest BCUT2D eigenvalue weighted by molar-refractivity contribution is 0.0723. The van der Waals surface area contributed by atoms with Gasteiger partial charge in [-0.05, 0) is 29.8 Å². The van der Waals surface area contributed by atoms with E-state index in [1.54, 1.807) is 24.3 Å². The molecule has 0 saturated heterocycles. The van der Waals surface area contributed by atoms with Crippen LogP contribution in [0.5, 0.6) is 34.5 Å². The first-order chi connectivity index (χ1) is 14.9. The van der Waals surface area contributed by atoms with Crippen molar-refractivity contribution >= 4 is 11.8 Å². The zero-order valence-corrected chi connectivity index (χ0v) is 16.4. The highest BCUT2D eigenvalue weighted by Crippen LogP contribution is 2.43. The number of fused-ring (bicyclic) bond motifs is 1. The number of phenols is 3. The number of phenolic OH excluding ortho intramolecular Hbond substituents is 3. The number of methoxy groups -OCH3 is 1. The van der Waals surface area contributed by atoms with E-state index in [2.05, 4.69) is 0 Å². The van der Waals surface area contributed by atoms with E-state index in [9.17, 15) is 24.9 Å². The van der Waals surface area contributed by atoms with Gasteiger partial charge in [-0.2, -0.15) is 0 Å². The molecule has 31 heavy (non-hydrogen) atoms. The fraction of sp³-hybridized carbons (Fsp3) is 0.130. The summed E-state index contributed by atoms with van der Waals surface area (Å²) in [5.74, 6) is -1.55. The number of rotatable bonds is 4. The quantitative estimate of drug-likeness (QED) is 0.429. The van der Waals surface area contributed by atoms with Crippen molar-refractivity contribution in [3.05, 3.63) is 71.3 Å². The van der Waals surface area contributed by atoms with Crippen LogP contribution in [0.2, 0.25) is 0 Å². The van der Waals surface area contributed by atoms with Gasteiger partial charge in [0.25, 0.3) is 0 Å². The molecule has 8 nitrogen and oxygen atoms in total. The molecule has 8 heteroatoms. The van der Waals surface area contributed by atoms with Gasteiger partial charge in [0.15, 0.2) is 17.3 Å². The van der Waals surface area contributed by atoms with Gasteiger partial charge in [0.05, 0.1) is 13.5 Å². The van der Waals surface area contributed by atoms with E-state index in [4.69, 9.17) is 14.2 Å². The Bertz CT molecular complexity index is 1180. The Labute approximate surface area is 176 Å². The fourth-order valence-corrected chi connectivity index (χ4v) is 3.39. The first-order valence-corrected chi connectivity index (χ1v) is 9.31. The van der Waals surface area contributed by atoms with Crippen molar-refractivity contribution in [2.75, 3.05) is 7.11 Å². The molecule has 0 aliphatic carbocycles. The largest absolute Gasteiger partial charge is 0.508 e. The van der Waals surface area contributed by atoms with Crippen LogP contribution in [0, 0.1) is 0 Å². The molecule has 1 heterocycles. The molecule has 1 aliphatic heterocycles. The number of aromatic hydroxyl groups is 3. The smallest absolute Gasteiger partial charge is 0.347 e. The standard InChI is InChI=1S/C23H18O8/c1-29-18-7-6-12(8-20(18)31-23(28)14-4-2-3-5-15(14)25)19-11-17(27)22-16(26)9-13(24)10-21(22)30-19/h2-10,19,24-26H,11H2,1H3. The molecule has 158 valence electrons. The molecular weight excluding hydrogens is 404 g/mol. The molecule has 1 aliphatic rings. The molecule has 1 unspecified atom stereocenters. The summed E-state index contributed by atoms with van der Waals surface area (Å²) < 4.78 is 16.5. The van der Waals surface area contributed by atoms with Crippen molar-refractivity contribution in [3.63, 3.8) is 0 Å². The van der Waals surface area contributed by atoms with Crippen LogP contribution in [0.4, 0.5) is 0 Å². The lowest BCUT2D eigenvalue weighted by Crippen LogP contribution is -2.20. The molecule has 0 aromatic heterocycles. The number of carbonyl (C=O) groups is 2. The van der Waals surface area contributed by atoms with Crippen LogP contribution in [0.15, 0.2) is 54.6 Å². The van der Waals surface area contributed by atoms with Gasteiger partial charge in [-0.3, -0.25) is 4.79 Å². The van der Waals surface area contributed by atoms with Gasteiger partial charge in [0.2, 0.25) is 0 Å². The highest BCUT2D eigenvalue weighted by atomic mass is 16.6. The Morgan fingerprint density at radius 1 is 1.00 bits per heavy atom. The van der Waals surface area contributed by atoms with Crippen LogP contribution in [-0.2, 0) is 0 Å². The topological polar surface area (TPSA) is 123 Å². The Hall–Kier alpha value is -4.20. The predicted octanol–water partition coefficient (Wildman–Crippen LogP) is 3.74. The minimum absolute atomic E-state index is 0.00812. The minimum Gasteiger partial charge on any atom is -0.508 e. The number of hydrogen-bond acceptors (Lipinski definition) is 8. The molecule has 4 rings (SSSR count). The third-order valence-corrected chi connectivity index (χ3v) is 4.87. The van der Waals surface area contributed by atoms with E-state index in [1.807, 2.05) is 0 Å². The monoisotopic (exact) mass is 422 g/mol. The van der Waals surface area contributed by atoms with Gasteiger partial charge in [-0.1, -0.05) is 18.2 Å². The van der Waals surface area contributed by atoms with E-state index in [0.717, 1.165) is 6.07 Å².